The Bertz CT molecular complexity index is 314. The molecule has 0 aromatic carbocycles. The van der Waals surface area contributed by atoms with Crippen molar-refractivity contribution in [2.75, 3.05) is 24.3 Å². The summed E-state index contributed by atoms with van der Waals surface area (Å²) in [5, 5.41) is 3.29. The molecule has 0 heterocycles. The first-order valence-corrected chi connectivity index (χ1v) is 8.98. The van der Waals surface area contributed by atoms with Gasteiger partial charge in [-0.05, 0) is 19.9 Å². The van der Waals surface area contributed by atoms with Gasteiger partial charge in [0.1, 0.15) is 9.84 Å². The topological polar surface area (TPSA) is 63.2 Å². The van der Waals surface area contributed by atoms with Crippen molar-refractivity contribution in [2.24, 2.45) is 0 Å². The van der Waals surface area contributed by atoms with Crippen LogP contribution in [0.5, 0.6) is 0 Å². The SMILES string of the molecule is CCNC(C)CC(C)S(=O)CCS(C)(=O)=O. The molecular weight excluding hydrogens is 246 g/mol. The van der Waals surface area contributed by atoms with E-state index in [4.69, 9.17) is 0 Å². The molecule has 0 bridgehead atoms. The van der Waals surface area contributed by atoms with Crippen LogP contribution in [-0.4, -0.2) is 48.2 Å². The summed E-state index contributed by atoms with van der Waals surface area (Å²) in [7, 11) is -4.05. The first kappa shape index (κ1) is 16.1. The van der Waals surface area contributed by atoms with Crippen molar-refractivity contribution in [1.82, 2.24) is 5.32 Å². The van der Waals surface area contributed by atoms with Crippen LogP contribution in [0.2, 0.25) is 0 Å². The molecule has 0 aliphatic heterocycles. The van der Waals surface area contributed by atoms with Gasteiger partial charge < -0.3 is 5.32 Å². The Labute approximate surface area is 102 Å². The van der Waals surface area contributed by atoms with E-state index in [1.54, 1.807) is 0 Å². The summed E-state index contributed by atoms with van der Waals surface area (Å²) in [6.07, 6.45) is 1.99. The average molecular weight is 269 g/mol. The van der Waals surface area contributed by atoms with Gasteiger partial charge in [0.05, 0.1) is 5.75 Å². The molecule has 0 aromatic rings. The maximum Gasteiger partial charge on any atom is 0.148 e. The van der Waals surface area contributed by atoms with E-state index in [-0.39, 0.29) is 16.8 Å². The normalized spacial score (nSPS) is 18.0. The summed E-state index contributed by atoms with van der Waals surface area (Å²) >= 11 is 0. The summed E-state index contributed by atoms with van der Waals surface area (Å²) in [4.78, 5) is 0. The lowest BCUT2D eigenvalue weighted by atomic mass is 10.2. The molecule has 0 aliphatic carbocycles. The highest BCUT2D eigenvalue weighted by Crippen LogP contribution is 2.06. The summed E-state index contributed by atoms with van der Waals surface area (Å²) < 4.78 is 33.6. The number of sulfone groups is 1. The maximum atomic E-state index is 11.7. The molecule has 0 saturated carbocycles. The lowest BCUT2D eigenvalue weighted by Gasteiger charge is -2.17. The molecule has 3 unspecified atom stereocenters. The fraction of sp³-hybridized carbons (Fsp3) is 1.00. The standard InChI is InChI=1S/C10H23NO3S2/c1-5-11-9(2)8-10(3)15(12)6-7-16(4,13)14/h9-11H,5-8H2,1-4H3. The zero-order valence-electron chi connectivity index (χ0n) is 10.5. The second-order valence-electron chi connectivity index (χ2n) is 4.22. The maximum absolute atomic E-state index is 11.7. The van der Waals surface area contributed by atoms with Gasteiger partial charge in [0, 0.05) is 34.1 Å². The molecule has 0 amide bonds. The number of hydrogen-bond donors (Lipinski definition) is 1. The van der Waals surface area contributed by atoms with Crippen LogP contribution in [0, 0.1) is 0 Å². The molecular formula is C10H23NO3S2. The van der Waals surface area contributed by atoms with Gasteiger partial charge in [0.15, 0.2) is 0 Å². The second-order valence-corrected chi connectivity index (χ2v) is 8.45. The van der Waals surface area contributed by atoms with Crippen LogP contribution in [0.3, 0.4) is 0 Å². The fourth-order valence-corrected chi connectivity index (χ4v) is 4.25. The Morgan fingerprint density at radius 2 is 1.88 bits per heavy atom. The number of nitrogens with one attached hydrogen (secondary N) is 1. The van der Waals surface area contributed by atoms with Crippen LogP contribution in [0.15, 0.2) is 0 Å². The van der Waals surface area contributed by atoms with Gasteiger partial charge in [-0.2, -0.15) is 0 Å². The molecule has 0 spiro atoms. The molecule has 0 aliphatic rings. The smallest absolute Gasteiger partial charge is 0.148 e. The minimum Gasteiger partial charge on any atom is -0.314 e. The van der Waals surface area contributed by atoms with Crippen molar-refractivity contribution in [3.63, 3.8) is 0 Å². The molecule has 0 fully saturated rings. The van der Waals surface area contributed by atoms with E-state index in [9.17, 15) is 12.6 Å². The van der Waals surface area contributed by atoms with Crippen LogP contribution in [0.25, 0.3) is 0 Å². The van der Waals surface area contributed by atoms with Crippen molar-refractivity contribution >= 4 is 20.6 Å². The van der Waals surface area contributed by atoms with E-state index in [2.05, 4.69) is 5.32 Å². The van der Waals surface area contributed by atoms with Crippen LogP contribution in [-0.2, 0) is 20.6 Å². The molecule has 0 rings (SSSR count). The molecule has 0 aromatic heterocycles. The zero-order valence-corrected chi connectivity index (χ0v) is 12.2. The van der Waals surface area contributed by atoms with E-state index in [0.29, 0.717) is 6.04 Å². The Kier molecular flexibility index (Phi) is 7.43. The Morgan fingerprint density at radius 3 is 2.31 bits per heavy atom. The molecule has 0 saturated heterocycles. The molecule has 0 radical (unpaired) electrons. The Balaban J connectivity index is 4.00. The summed E-state index contributed by atoms with van der Waals surface area (Å²) in [5.74, 6) is 0.262. The lowest BCUT2D eigenvalue weighted by molar-refractivity contribution is 0.524. The van der Waals surface area contributed by atoms with E-state index < -0.39 is 20.6 Å². The van der Waals surface area contributed by atoms with Crippen LogP contribution in [0.4, 0.5) is 0 Å². The largest absolute Gasteiger partial charge is 0.314 e. The van der Waals surface area contributed by atoms with Crippen molar-refractivity contribution in [2.45, 2.75) is 38.5 Å². The summed E-state index contributed by atoms with van der Waals surface area (Å²) in [6.45, 7) is 6.88. The quantitative estimate of drug-likeness (QED) is 0.699. The van der Waals surface area contributed by atoms with Crippen molar-refractivity contribution in [3.8, 4) is 0 Å². The van der Waals surface area contributed by atoms with Crippen LogP contribution < -0.4 is 5.32 Å². The van der Waals surface area contributed by atoms with Crippen molar-refractivity contribution in [3.05, 3.63) is 0 Å². The van der Waals surface area contributed by atoms with Gasteiger partial charge >= 0.3 is 0 Å². The minimum atomic E-state index is -3.00. The monoisotopic (exact) mass is 269 g/mol. The second kappa shape index (κ2) is 7.40. The minimum absolute atomic E-state index is 0.0134. The van der Waals surface area contributed by atoms with Crippen molar-refractivity contribution in [1.29, 1.82) is 0 Å². The zero-order chi connectivity index (χ0) is 12.8. The molecule has 1 N–H and O–H groups in total. The molecule has 98 valence electrons. The van der Waals surface area contributed by atoms with E-state index >= 15 is 0 Å². The van der Waals surface area contributed by atoms with Crippen LogP contribution >= 0.6 is 0 Å². The van der Waals surface area contributed by atoms with E-state index in [0.717, 1.165) is 13.0 Å². The van der Waals surface area contributed by atoms with Gasteiger partial charge in [-0.15, -0.1) is 0 Å². The van der Waals surface area contributed by atoms with Crippen molar-refractivity contribution < 1.29 is 12.6 Å². The first-order valence-electron chi connectivity index (χ1n) is 5.54. The first-order chi connectivity index (χ1) is 7.26. The highest BCUT2D eigenvalue weighted by atomic mass is 32.2. The third kappa shape index (κ3) is 8.24. The third-order valence-electron chi connectivity index (χ3n) is 2.34. The predicted octanol–water partition coefficient (Wildman–Crippen LogP) is 0.556. The van der Waals surface area contributed by atoms with Gasteiger partial charge in [-0.25, -0.2) is 8.42 Å². The Hall–Kier alpha value is 0.0600. The fourth-order valence-electron chi connectivity index (χ4n) is 1.47. The van der Waals surface area contributed by atoms with Gasteiger partial charge in [-0.1, -0.05) is 13.8 Å². The third-order valence-corrected chi connectivity index (χ3v) is 5.24. The van der Waals surface area contributed by atoms with Gasteiger partial charge in [0.2, 0.25) is 0 Å². The van der Waals surface area contributed by atoms with Crippen LogP contribution in [0.1, 0.15) is 27.2 Å². The number of hydrogen-bond acceptors (Lipinski definition) is 4. The number of rotatable bonds is 8. The van der Waals surface area contributed by atoms with E-state index in [1.807, 2.05) is 20.8 Å². The summed E-state index contributed by atoms with van der Waals surface area (Å²) in [6, 6.07) is 0.321. The van der Waals surface area contributed by atoms with Gasteiger partial charge in [-0.3, -0.25) is 4.21 Å². The predicted molar refractivity (Wildman–Crippen MR) is 69.9 cm³/mol. The molecule has 16 heavy (non-hydrogen) atoms. The Morgan fingerprint density at radius 1 is 1.31 bits per heavy atom. The molecule has 4 nitrogen and oxygen atoms in total. The highest BCUT2D eigenvalue weighted by Gasteiger charge is 2.16. The highest BCUT2D eigenvalue weighted by molar-refractivity contribution is 7.92. The van der Waals surface area contributed by atoms with E-state index in [1.165, 1.54) is 6.26 Å². The molecule has 3 atom stereocenters. The lowest BCUT2D eigenvalue weighted by Crippen LogP contribution is -2.31. The summed E-state index contributed by atoms with van der Waals surface area (Å²) in [5.41, 5.74) is 0. The molecule has 6 heteroatoms. The average Bonchev–Trinajstić information content (AvgIpc) is 2.13. The van der Waals surface area contributed by atoms with Gasteiger partial charge in [0.25, 0.3) is 0 Å².